The van der Waals surface area contributed by atoms with E-state index in [9.17, 15) is 4.79 Å². The van der Waals surface area contributed by atoms with Crippen LogP contribution in [0.4, 0.5) is 10.7 Å². The van der Waals surface area contributed by atoms with Crippen molar-refractivity contribution in [2.75, 3.05) is 12.3 Å². The van der Waals surface area contributed by atoms with E-state index in [2.05, 4.69) is 27.4 Å². The second-order valence-corrected chi connectivity index (χ2v) is 8.41. The number of unbranched alkanes of at least 4 members (excludes halogenated alkanes) is 1. The van der Waals surface area contributed by atoms with Crippen LogP contribution in [0.2, 0.25) is 0 Å². The van der Waals surface area contributed by atoms with E-state index >= 15 is 0 Å². The van der Waals surface area contributed by atoms with E-state index in [1.165, 1.54) is 0 Å². The second-order valence-electron chi connectivity index (χ2n) is 8.41. The van der Waals surface area contributed by atoms with Crippen LogP contribution in [0.1, 0.15) is 58.9 Å². The van der Waals surface area contributed by atoms with Crippen molar-refractivity contribution in [3.05, 3.63) is 24.1 Å². The lowest BCUT2D eigenvalue weighted by molar-refractivity contribution is 0.0527. The number of anilines is 1. The third-order valence-electron chi connectivity index (χ3n) is 4.65. The number of hydrogen-bond acceptors (Lipinski definition) is 7. The van der Waals surface area contributed by atoms with E-state index in [1.807, 2.05) is 43.5 Å². The minimum absolute atomic E-state index is 0.113. The van der Waals surface area contributed by atoms with Gasteiger partial charge in [-0.3, -0.25) is 0 Å². The summed E-state index contributed by atoms with van der Waals surface area (Å²) in [6, 6.07) is 5.87. The number of carbonyl (C=O) groups excluding carboxylic acids is 1. The van der Waals surface area contributed by atoms with E-state index in [-0.39, 0.29) is 12.1 Å². The fourth-order valence-corrected chi connectivity index (χ4v) is 3.39. The molecule has 3 aromatic rings. The van der Waals surface area contributed by atoms with Crippen LogP contribution in [-0.2, 0) is 4.74 Å². The summed E-state index contributed by atoms with van der Waals surface area (Å²) in [4.78, 5) is 16.2. The summed E-state index contributed by atoms with van der Waals surface area (Å²) < 4.78 is 12.9. The van der Waals surface area contributed by atoms with Crippen molar-refractivity contribution in [2.45, 2.75) is 65.5 Å². The van der Waals surface area contributed by atoms with Gasteiger partial charge >= 0.3 is 6.09 Å². The number of hydrogen-bond donors (Lipinski definition) is 2. The van der Waals surface area contributed by atoms with Crippen LogP contribution in [0.25, 0.3) is 22.5 Å². The van der Waals surface area contributed by atoms with E-state index in [1.54, 1.807) is 6.92 Å². The summed E-state index contributed by atoms with van der Waals surface area (Å²) in [6.45, 7) is 9.97. The molecule has 3 rings (SSSR count). The number of carbonyl (C=O) groups is 1. The maximum Gasteiger partial charge on any atom is 0.407 e. The van der Waals surface area contributed by atoms with Crippen LogP contribution in [-0.4, -0.2) is 38.0 Å². The van der Waals surface area contributed by atoms with E-state index in [0.717, 1.165) is 35.9 Å². The number of ether oxygens (including phenoxy) is 1. The number of fused-ring (bicyclic) bond motifs is 1. The first kappa shape index (κ1) is 21.6. The van der Waals surface area contributed by atoms with Crippen molar-refractivity contribution >= 4 is 23.1 Å². The zero-order chi connectivity index (χ0) is 21.9. The third-order valence-corrected chi connectivity index (χ3v) is 4.65. The molecular formula is C21H30N6O3. The molecule has 2 heterocycles. The summed E-state index contributed by atoms with van der Waals surface area (Å²) in [6.07, 6.45) is 2.24. The highest BCUT2D eigenvalue weighted by Gasteiger charge is 2.20. The molecular weight excluding hydrogens is 384 g/mol. The minimum atomic E-state index is -0.493. The Bertz CT molecular complexity index is 1020. The molecule has 0 saturated carbocycles. The Balaban J connectivity index is 1.66. The zero-order valence-electron chi connectivity index (χ0n) is 18.2. The van der Waals surface area contributed by atoms with Gasteiger partial charge in [0.1, 0.15) is 5.60 Å². The highest BCUT2D eigenvalue weighted by Crippen LogP contribution is 2.33. The molecule has 0 aliphatic heterocycles. The van der Waals surface area contributed by atoms with Crippen LogP contribution in [0, 0.1) is 6.92 Å². The first-order valence-corrected chi connectivity index (χ1v) is 10.2. The van der Waals surface area contributed by atoms with Gasteiger partial charge in [0.2, 0.25) is 17.7 Å². The van der Waals surface area contributed by atoms with E-state index < -0.39 is 5.60 Å². The number of nitrogen functional groups attached to an aromatic ring is 1. The van der Waals surface area contributed by atoms with Gasteiger partial charge in [0.25, 0.3) is 0 Å². The first-order valence-electron chi connectivity index (χ1n) is 10.2. The fourth-order valence-electron chi connectivity index (χ4n) is 3.39. The van der Waals surface area contributed by atoms with Gasteiger partial charge < -0.3 is 24.8 Å². The number of benzene rings is 1. The molecule has 1 amide bonds. The Morgan fingerprint density at radius 1 is 1.30 bits per heavy atom. The summed E-state index contributed by atoms with van der Waals surface area (Å²) in [5.74, 6) is 1.41. The van der Waals surface area contributed by atoms with Crippen molar-refractivity contribution in [3.63, 3.8) is 0 Å². The zero-order valence-corrected chi connectivity index (χ0v) is 18.2. The fraction of sp³-hybridized carbons (Fsp3) is 0.524. The van der Waals surface area contributed by atoms with Gasteiger partial charge in [0, 0.05) is 19.5 Å². The largest absolute Gasteiger partial charge is 0.444 e. The third kappa shape index (κ3) is 5.08. The Labute approximate surface area is 176 Å². The Morgan fingerprint density at radius 2 is 2.07 bits per heavy atom. The number of amides is 1. The minimum Gasteiger partial charge on any atom is -0.444 e. The molecule has 30 heavy (non-hydrogen) atoms. The molecule has 0 aliphatic carbocycles. The average Bonchev–Trinajstić information content (AvgIpc) is 3.21. The topological polar surface area (TPSA) is 121 Å². The van der Waals surface area contributed by atoms with Gasteiger partial charge in [0.15, 0.2) is 0 Å². The molecule has 9 heteroatoms. The number of imidazole rings is 1. The van der Waals surface area contributed by atoms with Gasteiger partial charge in [-0.2, -0.15) is 0 Å². The SMILES string of the molecule is Cc1nnc(-c2cccc3nc(N)n(C(C)CCCCNC(=O)OC(C)(C)C)c23)o1. The number of aromatic nitrogens is 4. The molecule has 1 aromatic carbocycles. The van der Waals surface area contributed by atoms with Crippen LogP contribution < -0.4 is 11.1 Å². The van der Waals surface area contributed by atoms with Crippen molar-refractivity contribution < 1.29 is 13.9 Å². The number of rotatable bonds is 7. The molecule has 162 valence electrons. The number of alkyl carbamates (subject to hydrolysis) is 1. The molecule has 1 atom stereocenters. The Kier molecular flexibility index (Phi) is 6.28. The summed E-state index contributed by atoms with van der Waals surface area (Å²) in [5.41, 5.74) is 8.25. The molecule has 1 unspecified atom stereocenters. The maximum absolute atomic E-state index is 11.7. The Hall–Kier alpha value is -3.10. The highest BCUT2D eigenvalue weighted by molar-refractivity contribution is 5.91. The van der Waals surface area contributed by atoms with Gasteiger partial charge in [-0.05, 0) is 59.1 Å². The number of aryl methyl sites for hydroxylation is 1. The van der Waals surface area contributed by atoms with E-state index in [4.69, 9.17) is 14.9 Å². The second kappa shape index (κ2) is 8.73. The number of nitrogens with one attached hydrogen (secondary N) is 1. The average molecular weight is 415 g/mol. The highest BCUT2D eigenvalue weighted by atomic mass is 16.6. The predicted octanol–water partition coefficient (Wildman–Crippen LogP) is 4.23. The van der Waals surface area contributed by atoms with Crippen LogP contribution >= 0.6 is 0 Å². The van der Waals surface area contributed by atoms with Crippen LogP contribution in [0.3, 0.4) is 0 Å². The molecule has 0 fully saturated rings. The smallest absolute Gasteiger partial charge is 0.407 e. The van der Waals surface area contributed by atoms with Crippen molar-refractivity contribution in [3.8, 4) is 11.5 Å². The molecule has 0 aliphatic rings. The summed E-state index contributed by atoms with van der Waals surface area (Å²) >= 11 is 0. The normalized spacial score (nSPS) is 12.8. The molecule has 3 N–H and O–H groups in total. The van der Waals surface area contributed by atoms with E-state index in [0.29, 0.717) is 24.3 Å². The van der Waals surface area contributed by atoms with Gasteiger partial charge in [0.05, 0.1) is 16.6 Å². The maximum atomic E-state index is 11.7. The quantitative estimate of drug-likeness (QED) is 0.555. The molecule has 0 radical (unpaired) electrons. The molecule has 0 saturated heterocycles. The summed E-state index contributed by atoms with van der Waals surface area (Å²) in [7, 11) is 0. The van der Waals surface area contributed by atoms with Crippen molar-refractivity contribution in [1.82, 2.24) is 25.1 Å². The number of nitrogens with two attached hydrogens (primary N) is 1. The standard InChI is InChI=1S/C21H30N6O3/c1-13(9-6-7-12-23-20(28)30-21(3,4)5)27-17-15(18-26-25-14(2)29-18)10-8-11-16(17)24-19(27)22/h8,10-11,13H,6-7,9,12H2,1-5H3,(H2,22,24)(H,23,28). The summed E-state index contributed by atoms with van der Waals surface area (Å²) in [5, 5.41) is 10.9. The first-order chi connectivity index (χ1) is 14.2. The van der Waals surface area contributed by atoms with Crippen molar-refractivity contribution in [2.24, 2.45) is 0 Å². The predicted molar refractivity (Wildman–Crippen MR) is 115 cm³/mol. The molecule has 2 aromatic heterocycles. The lowest BCUT2D eigenvalue weighted by atomic mass is 10.1. The van der Waals surface area contributed by atoms with Gasteiger partial charge in [-0.1, -0.05) is 6.07 Å². The number of nitrogens with zero attached hydrogens (tertiary/aromatic N) is 4. The lowest BCUT2D eigenvalue weighted by Gasteiger charge is -2.20. The van der Waals surface area contributed by atoms with Gasteiger partial charge in [-0.15, -0.1) is 10.2 Å². The monoisotopic (exact) mass is 414 g/mol. The van der Waals surface area contributed by atoms with Crippen LogP contribution in [0.15, 0.2) is 22.6 Å². The molecule has 0 bridgehead atoms. The van der Waals surface area contributed by atoms with Crippen molar-refractivity contribution in [1.29, 1.82) is 0 Å². The molecule has 9 nitrogen and oxygen atoms in total. The van der Waals surface area contributed by atoms with Crippen LogP contribution in [0.5, 0.6) is 0 Å². The Morgan fingerprint density at radius 3 is 2.73 bits per heavy atom. The lowest BCUT2D eigenvalue weighted by Crippen LogP contribution is -2.33. The van der Waals surface area contributed by atoms with Gasteiger partial charge in [-0.25, -0.2) is 9.78 Å². The number of para-hydroxylation sites is 1. The molecule has 0 spiro atoms.